The molecule has 0 atom stereocenters. The summed E-state index contributed by atoms with van der Waals surface area (Å²) in [5.74, 6) is -4.93. The van der Waals surface area contributed by atoms with Gasteiger partial charge >= 0.3 is 12.1 Å². The van der Waals surface area contributed by atoms with Crippen molar-refractivity contribution in [3.8, 4) is 0 Å². The molecule has 6 heteroatoms. The van der Waals surface area contributed by atoms with Crippen LogP contribution in [0.1, 0.15) is 5.56 Å². The predicted octanol–water partition coefficient (Wildman–Crippen LogP) is 3.79. The zero-order chi connectivity index (χ0) is 11.0. The van der Waals surface area contributed by atoms with E-state index in [1.54, 1.807) is 0 Å². The largest absolute Gasteiger partial charge is 0.458 e. The maximum Gasteiger partial charge on any atom is 0.458 e. The number of halogens is 6. The molecule has 1 rings (SSSR count). The standard InChI is InChI=1S/C8H3ClF5/c9-6-4-2-1-3-5(6)7(10,11)8(12,13)14/h1,3-4H. The lowest BCUT2D eigenvalue weighted by atomic mass is 10.1. The van der Waals surface area contributed by atoms with E-state index < -0.39 is 22.7 Å². The maximum atomic E-state index is 12.7. The Morgan fingerprint density at radius 1 is 1.14 bits per heavy atom. The van der Waals surface area contributed by atoms with Crippen molar-refractivity contribution in [3.05, 3.63) is 34.9 Å². The second-order valence-electron chi connectivity index (χ2n) is 2.48. The molecule has 0 spiro atoms. The molecule has 0 fully saturated rings. The van der Waals surface area contributed by atoms with Crippen LogP contribution >= 0.6 is 11.6 Å². The Morgan fingerprint density at radius 3 is 2.14 bits per heavy atom. The van der Waals surface area contributed by atoms with E-state index in [0.717, 1.165) is 12.1 Å². The Balaban J connectivity index is 3.23. The minimum atomic E-state index is -5.64. The van der Waals surface area contributed by atoms with Crippen LogP contribution in [0.25, 0.3) is 0 Å². The second kappa shape index (κ2) is 3.38. The summed E-state index contributed by atoms with van der Waals surface area (Å²) in [6.07, 6.45) is -5.64. The topological polar surface area (TPSA) is 0 Å². The molecule has 0 amide bonds. The van der Waals surface area contributed by atoms with Crippen molar-refractivity contribution in [3.63, 3.8) is 0 Å². The third-order valence-corrected chi connectivity index (χ3v) is 1.82. The molecule has 0 heterocycles. The Kier molecular flexibility index (Phi) is 2.71. The quantitative estimate of drug-likeness (QED) is 0.643. The number of rotatable bonds is 1. The van der Waals surface area contributed by atoms with Crippen molar-refractivity contribution in [1.82, 2.24) is 0 Å². The van der Waals surface area contributed by atoms with Gasteiger partial charge in [-0.2, -0.15) is 22.0 Å². The summed E-state index contributed by atoms with van der Waals surface area (Å²) in [5, 5.41) is -0.658. The lowest BCUT2D eigenvalue weighted by molar-refractivity contribution is -0.289. The molecule has 0 bridgehead atoms. The summed E-state index contributed by atoms with van der Waals surface area (Å²) in [5.41, 5.74) is -1.26. The van der Waals surface area contributed by atoms with Crippen LogP contribution in [0.15, 0.2) is 18.2 Å². The smallest absolute Gasteiger partial charge is 0.191 e. The molecule has 1 aromatic carbocycles. The minimum absolute atomic E-state index is 0.593. The third kappa shape index (κ3) is 1.82. The highest BCUT2D eigenvalue weighted by Gasteiger charge is 2.59. The third-order valence-electron chi connectivity index (χ3n) is 1.51. The first kappa shape index (κ1) is 11.2. The first-order valence-corrected chi connectivity index (χ1v) is 3.75. The first-order chi connectivity index (χ1) is 6.27. The average Bonchev–Trinajstić information content (AvgIpc) is 2.02. The van der Waals surface area contributed by atoms with Crippen LogP contribution in [-0.2, 0) is 5.92 Å². The maximum absolute atomic E-state index is 12.7. The molecule has 0 N–H and O–H groups in total. The minimum Gasteiger partial charge on any atom is -0.191 e. The summed E-state index contributed by atoms with van der Waals surface area (Å²) < 4.78 is 61.0. The van der Waals surface area contributed by atoms with E-state index >= 15 is 0 Å². The van der Waals surface area contributed by atoms with Crippen LogP contribution in [0.3, 0.4) is 0 Å². The predicted molar refractivity (Wildman–Crippen MR) is 40.2 cm³/mol. The van der Waals surface area contributed by atoms with Gasteiger partial charge < -0.3 is 0 Å². The fourth-order valence-corrected chi connectivity index (χ4v) is 1.06. The van der Waals surface area contributed by atoms with E-state index in [1.165, 1.54) is 0 Å². The molecule has 0 saturated heterocycles. The van der Waals surface area contributed by atoms with Gasteiger partial charge in [-0.15, -0.1) is 0 Å². The zero-order valence-corrected chi connectivity index (χ0v) is 7.26. The molecule has 0 aliphatic carbocycles. The number of benzene rings is 1. The van der Waals surface area contributed by atoms with Gasteiger partial charge in [-0.25, -0.2) is 0 Å². The van der Waals surface area contributed by atoms with Crippen LogP contribution in [0.5, 0.6) is 0 Å². The van der Waals surface area contributed by atoms with Gasteiger partial charge in [0.1, 0.15) is 0 Å². The lowest BCUT2D eigenvalue weighted by Crippen LogP contribution is -2.33. The summed E-state index contributed by atoms with van der Waals surface area (Å²) in [4.78, 5) is 0. The summed E-state index contributed by atoms with van der Waals surface area (Å²) >= 11 is 5.20. The molecule has 0 aliphatic rings. The SMILES string of the molecule is FC(F)(F)C(F)(F)c1cc[c]cc1Cl. The van der Waals surface area contributed by atoms with Crippen LogP contribution in [0.4, 0.5) is 22.0 Å². The highest BCUT2D eigenvalue weighted by Crippen LogP contribution is 2.45. The summed E-state index contributed by atoms with van der Waals surface area (Å²) in [6, 6.07) is 4.69. The van der Waals surface area contributed by atoms with Gasteiger partial charge in [-0.1, -0.05) is 23.7 Å². The molecule has 0 nitrogen and oxygen atoms in total. The highest BCUT2D eigenvalue weighted by atomic mass is 35.5. The monoisotopic (exact) mass is 229 g/mol. The van der Waals surface area contributed by atoms with Gasteiger partial charge in [0.15, 0.2) is 0 Å². The summed E-state index contributed by atoms with van der Waals surface area (Å²) in [7, 11) is 0. The van der Waals surface area contributed by atoms with Gasteiger partial charge in [-0.3, -0.25) is 0 Å². The van der Waals surface area contributed by atoms with Crippen molar-refractivity contribution in [2.45, 2.75) is 12.1 Å². The zero-order valence-electron chi connectivity index (χ0n) is 6.50. The first-order valence-electron chi connectivity index (χ1n) is 3.37. The number of alkyl halides is 5. The van der Waals surface area contributed by atoms with Gasteiger partial charge in [0.05, 0.1) is 5.02 Å². The Labute approximate surface area is 81.3 Å². The number of hydrogen-bond donors (Lipinski definition) is 0. The van der Waals surface area contributed by atoms with E-state index in [0.29, 0.717) is 6.07 Å². The Morgan fingerprint density at radius 2 is 1.71 bits per heavy atom. The second-order valence-corrected chi connectivity index (χ2v) is 2.89. The Bertz CT molecular complexity index is 331. The van der Waals surface area contributed by atoms with Crippen molar-refractivity contribution in [2.24, 2.45) is 0 Å². The van der Waals surface area contributed by atoms with Crippen LogP contribution < -0.4 is 0 Å². The molecule has 0 aliphatic heterocycles. The van der Waals surface area contributed by atoms with Gasteiger partial charge in [0, 0.05) is 5.56 Å². The molecule has 1 radical (unpaired) electrons. The van der Waals surface area contributed by atoms with E-state index in [9.17, 15) is 22.0 Å². The van der Waals surface area contributed by atoms with E-state index in [4.69, 9.17) is 11.6 Å². The molecular formula is C8H3ClF5. The number of hydrogen-bond acceptors (Lipinski definition) is 0. The molecule has 0 aromatic heterocycles. The van der Waals surface area contributed by atoms with Crippen molar-refractivity contribution < 1.29 is 22.0 Å². The van der Waals surface area contributed by atoms with Crippen LogP contribution in [0.2, 0.25) is 5.02 Å². The van der Waals surface area contributed by atoms with Gasteiger partial charge in [0.2, 0.25) is 0 Å². The molecule has 77 valence electrons. The van der Waals surface area contributed by atoms with Crippen LogP contribution in [0, 0.1) is 6.07 Å². The molecule has 0 saturated carbocycles. The molecule has 0 unspecified atom stereocenters. The lowest BCUT2D eigenvalue weighted by Gasteiger charge is -2.20. The molecular weight excluding hydrogens is 227 g/mol. The van der Waals surface area contributed by atoms with E-state index in [-0.39, 0.29) is 0 Å². The average molecular weight is 230 g/mol. The van der Waals surface area contributed by atoms with Crippen molar-refractivity contribution >= 4 is 11.6 Å². The molecule has 1 aromatic rings. The molecule has 14 heavy (non-hydrogen) atoms. The highest BCUT2D eigenvalue weighted by molar-refractivity contribution is 6.31. The van der Waals surface area contributed by atoms with Crippen LogP contribution in [-0.4, -0.2) is 6.18 Å². The summed E-state index contributed by atoms with van der Waals surface area (Å²) in [6.45, 7) is 0. The van der Waals surface area contributed by atoms with Crippen molar-refractivity contribution in [2.75, 3.05) is 0 Å². The normalized spacial score (nSPS) is 13.0. The van der Waals surface area contributed by atoms with Crippen molar-refractivity contribution in [1.29, 1.82) is 0 Å². The fraction of sp³-hybridized carbons (Fsp3) is 0.250. The van der Waals surface area contributed by atoms with E-state index in [1.807, 2.05) is 0 Å². The van der Waals surface area contributed by atoms with Gasteiger partial charge in [-0.05, 0) is 12.1 Å². The van der Waals surface area contributed by atoms with E-state index in [2.05, 4.69) is 6.07 Å². The Hall–Kier alpha value is -0.840. The fourth-order valence-electron chi connectivity index (χ4n) is 0.817. The van der Waals surface area contributed by atoms with Gasteiger partial charge in [0.25, 0.3) is 0 Å².